The zero-order valence-electron chi connectivity index (χ0n) is 8.23. The molecule has 2 N–H and O–H groups in total. The normalized spacial score (nSPS) is 15.0. The van der Waals surface area contributed by atoms with E-state index in [4.69, 9.17) is 0 Å². The molecule has 0 radical (unpaired) electrons. The summed E-state index contributed by atoms with van der Waals surface area (Å²) in [5, 5.41) is 2.81. The van der Waals surface area contributed by atoms with Crippen LogP contribution in [0.5, 0.6) is 0 Å². The molecule has 0 saturated heterocycles. The molecule has 0 bridgehead atoms. The molecule has 0 atom stereocenters. The molecule has 1 aliphatic rings. The molecule has 2 aromatic rings. The summed E-state index contributed by atoms with van der Waals surface area (Å²) in [7, 11) is 0. The molecule has 3 rings (SSSR count). The van der Waals surface area contributed by atoms with Crippen molar-refractivity contribution < 1.29 is 13.6 Å². The Labute approximate surface area is 89.5 Å². The van der Waals surface area contributed by atoms with Crippen molar-refractivity contribution >= 4 is 16.8 Å². The van der Waals surface area contributed by atoms with Gasteiger partial charge in [-0.15, -0.1) is 0 Å². The summed E-state index contributed by atoms with van der Waals surface area (Å²) in [4.78, 5) is 14.5. The minimum atomic E-state index is -0.704. The highest BCUT2D eigenvalue weighted by atomic mass is 19.1. The van der Waals surface area contributed by atoms with E-state index in [0.29, 0.717) is 29.7 Å². The molecule has 1 aliphatic heterocycles. The van der Waals surface area contributed by atoms with Crippen molar-refractivity contribution in [3.8, 4) is 0 Å². The Kier molecular flexibility index (Phi) is 1.77. The molecular weight excluding hydrogens is 214 g/mol. The van der Waals surface area contributed by atoms with E-state index in [-0.39, 0.29) is 11.3 Å². The number of halogens is 2. The van der Waals surface area contributed by atoms with Gasteiger partial charge in [-0.2, -0.15) is 0 Å². The Morgan fingerprint density at radius 2 is 2.06 bits per heavy atom. The molecule has 0 aliphatic carbocycles. The van der Waals surface area contributed by atoms with Crippen molar-refractivity contribution in [2.75, 3.05) is 6.54 Å². The molecule has 0 saturated carbocycles. The van der Waals surface area contributed by atoms with Gasteiger partial charge in [0.1, 0.15) is 11.6 Å². The van der Waals surface area contributed by atoms with Gasteiger partial charge >= 0.3 is 0 Å². The highest BCUT2D eigenvalue weighted by Crippen LogP contribution is 2.27. The first-order chi connectivity index (χ1) is 7.66. The van der Waals surface area contributed by atoms with E-state index < -0.39 is 11.6 Å². The minimum Gasteiger partial charge on any atom is -0.357 e. The maximum absolute atomic E-state index is 13.6. The molecule has 0 fully saturated rings. The van der Waals surface area contributed by atoms with Crippen molar-refractivity contribution in [2.24, 2.45) is 0 Å². The summed E-state index contributed by atoms with van der Waals surface area (Å²) in [5.74, 6) is -1.66. The van der Waals surface area contributed by atoms with E-state index in [1.165, 1.54) is 6.07 Å². The summed E-state index contributed by atoms with van der Waals surface area (Å²) in [6, 6.07) is 1.99. The first-order valence-electron chi connectivity index (χ1n) is 4.94. The second-order valence-corrected chi connectivity index (χ2v) is 3.79. The summed E-state index contributed by atoms with van der Waals surface area (Å²) in [6.07, 6.45) is 0.608. The Bertz CT molecular complexity index is 604. The fourth-order valence-corrected chi connectivity index (χ4v) is 2.13. The molecular formula is C11H8F2N2O. The fraction of sp³-hybridized carbons (Fsp3) is 0.182. The quantitative estimate of drug-likeness (QED) is 0.700. The second kappa shape index (κ2) is 3.04. The predicted molar refractivity (Wildman–Crippen MR) is 54.3 cm³/mol. The highest BCUT2D eigenvalue weighted by molar-refractivity contribution is 6.09. The minimum absolute atomic E-state index is 0.175. The van der Waals surface area contributed by atoms with E-state index in [9.17, 15) is 13.6 Å². The van der Waals surface area contributed by atoms with Crippen LogP contribution in [0.15, 0.2) is 12.1 Å². The zero-order chi connectivity index (χ0) is 11.3. The topological polar surface area (TPSA) is 44.9 Å². The summed E-state index contributed by atoms with van der Waals surface area (Å²) >= 11 is 0. The molecule has 3 nitrogen and oxygen atoms in total. The summed E-state index contributed by atoms with van der Waals surface area (Å²) < 4.78 is 26.6. The van der Waals surface area contributed by atoms with Crippen molar-refractivity contribution in [1.29, 1.82) is 0 Å². The number of rotatable bonds is 0. The number of hydrogen-bond donors (Lipinski definition) is 2. The van der Waals surface area contributed by atoms with E-state index in [1.807, 2.05) is 0 Å². The number of fused-ring (bicyclic) bond motifs is 3. The molecule has 0 unspecified atom stereocenters. The Balaban J connectivity index is 2.42. The third-order valence-corrected chi connectivity index (χ3v) is 2.78. The van der Waals surface area contributed by atoms with Crippen LogP contribution < -0.4 is 5.32 Å². The van der Waals surface area contributed by atoms with Crippen LogP contribution in [0.3, 0.4) is 0 Å². The predicted octanol–water partition coefficient (Wildman–Crippen LogP) is 1.73. The van der Waals surface area contributed by atoms with Gasteiger partial charge in [-0.05, 0) is 6.07 Å². The van der Waals surface area contributed by atoms with Gasteiger partial charge in [0, 0.05) is 30.1 Å². The van der Waals surface area contributed by atoms with Crippen LogP contribution in [0, 0.1) is 11.6 Å². The van der Waals surface area contributed by atoms with E-state index in [0.717, 1.165) is 6.07 Å². The van der Waals surface area contributed by atoms with Gasteiger partial charge in [-0.25, -0.2) is 8.78 Å². The molecule has 82 valence electrons. The maximum atomic E-state index is 13.6. The standard InChI is InChI=1S/C11H8F2N2O/c12-5-3-6(13)9-8(4-5)15-7-1-2-14-11(16)10(7)9/h3-4,15H,1-2H2,(H,14,16). The maximum Gasteiger partial charge on any atom is 0.253 e. The van der Waals surface area contributed by atoms with Gasteiger partial charge in [-0.1, -0.05) is 0 Å². The third-order valence-electron chi connectivity index (χ3n) is 2.78. The Hall–Kier alpha value is -1.91. The van der Waals surface area contributed by atoms with Gasteiger partial charge < -0.3 is 10.3 Å². The first kappa shape index (κ1) is 9.33. The van der Waals surface area contributed by atoms with Crippen LogP contribution in [0.25, 0.3) is 10.9 Å². The zero-order valence-corrected chi connectivity index (χ0v) is 8.23. The van der Waals surface area contributed by atoms with Crippen molar-refractivity contribution in [1.82, 2.24) is 10.3 Å². The van der Waals surface area contributed by atoms with Crippen molar-refractivity contribution in [2.45, 2.75) is 6.42 Å². The number of aromatic amines is 1. The van der Waals surface area contributed by atoms with Gasteiger partial charge in [0.2, 0.25) is 0 Å². The average Bonchev–Trinajstić information content (AvgIpc) is 2.56. The van der Waals surface area contributed by atoms with E-state index in [1.54, 1.807) is 0 Å². The third kappa shape index (κ3) is 1.14. The lowest BCUT2D eigenvalue weighted by Crippen LogP contribution is -2.31. The number of carbonyl (C=O) groups is 1. The van der Waals surface area contributed by atoms with Crippen LogP contribution in [0.4, 0.5) is 8.78 Å². The van der Waals surface area contributed by atoms with Crippen LogP contribution in [-0.4, -0.2) is 17.4 Å². The molecule has 2 heterocycles. The monoisotopic (exact) mass is 222 g/mol. The lowest BCUT2D eigenvalue weighted by Gasteiger charge is -2.12. The van der Waals surface area contributed by atoms with Crippen molar-refractivity contribution in [3.63, 3.8) is 0 Å². The summed E-state index contributed by atoms with van der Waals surface area (Å²) in [5.41, 5.74) is 1.31. The number of benzene rings is 1. The lowest BCUT2D eigenvalue weighted by molar-refractivity contribution is 0.0947. The van der Waals surface area contributed by atoms with Crippen LogP contribution in [0.2, 0.25) is 0 Å². The Morgan fingerprint density at radius 3 is 2.88 bits per heavy atom. The molecule has 1 amide bonds. The number of hydrogen-bond acceptors (Lipinski definition) is 1. The Morgan fingerprint density at radius 1 is 1.25 bits per heavy atom. The smallest absolute Gasteiger partial charge is 0.253 e. The second-order valence-electron chi connectivity index (χ2n) is 3.79. The lowest BCUT2D eigenvalue weighted by atomic mass is 10.0. The van der Waals surface area contributed by atoms with Gasteiger partial charge in [0.05, 0.1) is 11.1 Å². The molecule has 5 heteroatoms. The van der Waals surface area contributed by atoms with Gasteiger partial charge in [-0.3, -0.25) is 4.79 Å². The first-order valence-corrected chi connectivity index (χ1v) is 4.94. The van der Waals surface area contributed by atoms with Crippen LogP contribution >= 0.6 is 0 Å². The van der Waals surface area contributed by atoms with E-state index in [2.05, 4.69) is 10.3 Å². The highest BCUT2D eigenvalue weighted by Gasteiger charge is 2.24. The fourth-order valence-electron chi connectivity index (χ4n) is 2.13. The van der Waals surface area contributed by atoms with Crippen LogP contribution in [0.1, 0.15) is 16.1 Å². The number of aromatic nitrogens is 1. The number of H-pyrrole nitrogens is 1. The van der Waals surface area contributed by atoms with Crippen molar-refractivity contribution in [3.05, 3.63) is 35.0 Å². The molecule has 16 heavy (non-hydrogen) atoms. The SMILES string of the molecule is O=C1NCCc2[nH]c3cc(F)cc(F)c3c21. The molecule has 1 aromatic carbocycles. The number of amides is 1. The van der Waals surface area contributed by atoms with Gasteiger partial charge in [0.25, 0.3) is 5.91 Å². The van der Waals surface area contributed by atoms with E-state index >= 15 is 0 Å². The molecule has 1 aromatic heterocycles. The number of nitrogens with one attached hydrogen (secondary N) is 2. The molecule has 0 spiro atoms. The van der Waals surface area contributed by atoms with Crippen LogP contribution in [-0.2, 0) is 6.42 Å². The average molecular weight is 222 g/mol. The van der Waals surface area contributed by atoms with Gasteiger partial charge in [0.15, 0.2) is 0 Å². The summed E-state index contributed by atoms with van der Waals surface area (Å²) in [6.45, 7) is 0.517. The largest absolute Gasteiger partial charge is 0.357 e. The number of carbonyl (C=O) groups excluding carboxylic acids is 1.